The van der Waals surface area contributed by atoms with Gasteiger partial charge in [-0.05, 0) is 44.4 Å². The molecular weight excluding hydrogens is 288 g/mol. The summed E-state index contributed by atoms with van der Waals surface area (Å²) < 4.78 is 5.52. The highest BCUT2D eigenvalue weighted by Crippen LogP contribution is 2.25. The third kappa shape index (κ3) is 4.74. The van der Waals surface area contributed by atoms with Gasteiger partial charge < -0.3 is 4.74 Å². The van der Waals surface area contributed by atoms with E-state index in [1.165, 1.54) is 0 Å². The maximum Gasteiger partial charge on any atom is 0.276 e. The van der Waals surface area contributed by atoms with E-state index in [0.29, 0.717) is 5.92 Å². The highest BCUT2D eigenvalue weighted by atomic mass is 16.5. The van der Waals surface area contributed by atoms with Crippen LogP contribution in [0.2, 0.25) is 0 Å². The molecule has 0 aromatic heterocycles. The van der Waals surface area contributed by atoms with E-state index in [9.17, 15) is 4.79 Å². The van der Waals surface area contributed by atoms with Gasteiger partial charge in [-0.1, -0.05) is 42.5 Å². The van der Waals surface area contributed by atoms with Crippen LogP contribution in [0, 0.1) is 12.8 Å². The normalized spacial score (nSPS) is 16.9. The van der Waals surface area contributed by atoms with Gasteiger partial charge in [0, 0.05) is 5.92 Å². The minimum Gasteiger partial charge on any atom is -0.483 e. The van der Waals surface area contributed by atoms with Crippen molar-refractivity contribution in [1.82, 2.24) is 10.9 Å². The lowest BCUT2D eigenvalue weighted by Gasteiger charge is -2.21. The molecule has 0 bridgehead atoms. The van der Waals surface area contributed by atoms with Crippen molar-refractivity contribution in [3.05, 3.63) is 65.4 Å². The van der Waals surface area contributed by atoms with Crippen molar-refractivity contribution in [2.45, 2.75) is 27.2 Å². The number of aryl methyl sites for hydroxylation is 1. The summed E-state index contributed by atoms with van der Waals surface area (Å²) >= 11 is 0. The van der Waals surface area contributed by atoms with Crippen LogP contribution in [0.1, 0.15) is 25.8 Å². The number of carbonyl (C=O) groups excluding carboxylic acids is 1. The number of hydrazine groups is 1. The van der Waals surface area contributed by atoms with Crippen LogP contribution in [0.4, 0.5) is 0 Å². The molecule has 0 heterocycles. The van der Waals surface area contributed by atoms with E-state index >= 15 is 0 Å². The number of amides is 1. The lowest BCUT2D eigenvalue weighted by molar-refractivity contribution is -0.123. The average molecular weight is 312 g/mol. The lowest BCUT2D eigenvalue weighted by atomic mass is 9.90. The molecule has 0 fully saturated rings. The van der Waals surface area contributed by atoms with Crippen LogP contribution >= 0.6 is 0 Å². The fraction of sp³-hybridized carbons (Fsp3) is 0.316. The molecule has 1 aromatic carbocycles. The molecule has 1 aromatic rings. The number of ether oxygens (including phenoxy) is 1. The predicted octanol–water partition coefficient (Wildman–Crippen LogP) is 3.42. The smallest absolute Gasteiger partial charge is 0.276 e. The van der Waals surface area contributed by atoms with E-state index in [-0.39, 0.29) is 12.5 Å². The Balaban J connectivity index is 1.85. The van der Waals surface area contributed by atoms with Crippen LogP contribution in [0.15, 0.2) is 59.8 Å². The second-order valence-electron chi connectivity index (χ2n) is 5.88. The molecule has 122 valence electrons. The Morgan fingerprint density at radius 1 is 1.35 bits per heavy atom. The van der Waals surface area contributed by atoms with Crippen molar-refractivity contribution < 1.29 is 9.53 Å². The molecule has 1 aliphatic rings. The van der Waals surface area contributed by atoms with Crippen molar-refractivity contribution in [3.8, 4) is 5.75 Å². The molecule has 1 amide bonds. The van der Waals surface area contributed by atoms with Gasteiger partial charge in [-0.25, -0.2) is 0 Å². The van der Waals surface area contributed by atoms with Crippen molar-refractivity contribution in [2.75, 3.05) is 6.61 Å². The summed E-state index contributed by atoms with van der Waals surface area (Å²) in [6.45, 7) is 9.95. The quantitative estimate of drug-likeness (QED) is 0.625. The Morgan fingerprint density at radius 3 is 2.78 bits per heavy atom. The van der Waals surface area contributed by atoms with Crippen molar-refractivity contribution in [1.29, 1.82) is 0 Å². The molecule has 2 rings (SSSR count). The van der Waals surface area contributed by atoms with Crippen LogP contribution in [-0.4, -0.2) is 12.5 Å². The second-order valence-corrected chi connectivity index (χ2v) is 5.88. The minimum absolute atomic E-state index is 0.0300. The van der Waals surface area contributed by atoms with Crippen molar-refractivity contribution >= 4 is 5.91 Å². The Kier molecular flexibility index (Phi) is 5.63. The van der Waals surface area contributed by atoms with Gasteiger partial charge in [-0.2, -0.15) is 0 Å². The molecule has 0 saturated heterocycles. The molecule has 1 atom stereocenters. The Labute approximate surface area is 137 Å². The van der Waals surface area contributed by atoms with Gasteiger partial charge in [0.05, 0.1) is 5.70 Å². The Hall–Kier alpha value is -2.49. The summed E-state index contributed by atoms with van der Waals surface area (Å²) in [5.41, 5.74) is 9.80. The van der Waals surface area contributed by atoms with Crippen molar-refractivity contribution in [3.63, 3.8) is 0 Å². The molecule has 0 spiro atoms. The number of hydrogen-bond donors (Lipinski definition) is 2. The summed E-state index contributed by atoms with van der Waals surface area (Å²) in [5, 5.41) is 0. The SMILES string of the molecule is C=C(C)C1C=C(NNC(=O)COc2ccccc2C)C(C)=CC1. The summed E-state index contributed by atoms with van der Waals surface area (Å²) in [6, 6.07) is 7.62. The molecule has 4 heteroatoms. The molecule has 0 aliphatic heterocycles. The van der Waals surface area contributed by atoms with Gasteiger partial charge in [0.2, 0.25) is 0 Å². The zero-order valence-electron chi connectivity index (χ0n) is 14.0. The van der Waals surface area contributed by atoms with Crippen LogP contribution in [0.3, 0.4) is 0 Å². The lowest BCUT2D eigenvalue weighted by Crippen LogP contribution is -2.40. The van der Waals surface area contributed by atoms with Gasteiger partial charge in [0.25, 0.3) is 5.91 Å². The number of benzene rings is 1. The van der Waals surface area contributed by atoms with E-state index in [2.05, 4.69) is 29.6 Å². The van der Waals surface area contributed by atoms with Crippen LogP contribution < -0.4 is 15.6 Å². The first kappa shape index (κ1) is 16.9. The van der Waals surface area contributed by atoms with E-state index < -0.39 is 0 Å². The number of hydrogen-bond acceptors (Lipinski definition) is 3. The van der Waals surface area contributed by atoms with E-state index in [1.807, 2.05) is 45.0 Å². The summed E-state index contributed by atoms with van der Waals surface area (Å²) in [5.74, 6) is 0.804. The fourth-order valence-electron chi connectivity index (χ4n) is 2.33. The first-order valence-corrected chi connectivity index (χ1v) is 7.75. The third-order valence-electron chi connectivity index (χ3n) is 3.89. The number of carbonyl (C=O) groups is 1. The molecule has 2 N–H and O–H groups in total. The molecule has 23 heavy (non-hydrogen) atoms. The van der Waals surface area contributed by atoms with E-state index in [4.69, 9.17) is 4.74 Å². The summed E-state index contributed by atoms with van der Waals surface area (Å²) in [4.78, 5) is 11.9. The maximum absolute atomic E-state index is 11.9. The molecule has 0 radical (unpaired) electrons. The standard InChI is InChI=1S/C19H24N2O2/c1-13(2)16-10-9-14(3)17(11-16)20-21-19(22)12-23-18-8-6-5-7-15(18)4/h5-9,11,16,20H,1,10,12H2,2-4H3,(H,21,22). The average Bonchev–Trinajstić information content (AvgIpc) is 2.53. The first-order valence-electron chi connectivity index (χ1n) is 7.75. The van der Waals surface area contributed by atoms with Gasteiger partial charge in [-0.3, -0.25) is 15.6 Å². The zero-order valence-corrected chi connectivity index (χ0v) is 14.0. The third-order valence-corrected chi connectivity index (χ3v) is 3.89. The van der Waals surface area contributed by atoms with Crippen LogP contribution in [0.5, 0.6) is 5.75 Å². The minimum atomic E-state index is -0.223. The zero-order chi connectivity index (χ0) is 16.8. The number of para-hydroxylation sites is 1. The predicted molar refractivity (Wildman–Crippen MR) is 92.7 cm³/mol. The first-order chi connectivity index (χ1) is 11.0. The maximum atomic E-state index is 11.9. The van der Waals surface area contributed by atoms with Gasteiger partial charge in [0.1, 0.15) is 5.75 Å². The molecule has 1 aliphatic carbocycles. The molecule has 1 unspecified atom stereocenters. The van der Waals surface area contributed by atoms with Gasteiger partial charge >= 0.3 is 0 Å². The highest BCUT2D eigenvalue weighted by Gasteiger charge is 2.14. The number of rotatable bonds is 6. The summed E-state index contributed by atoms with van der Waals surface area (Å²) in [7, 11) is 0. The molecular formula is C19H24N2O2. The highest BCUT2D eigenvalue weighted by molar-refractivity contribution is 5.77. The van der Waals surface area contributed by atoms with Gasteiger partial charge in [-0.15, -0.1) is 0 Å². The van der Waals surface area contributed by atoms with Crippen LogP contribution in [-0.2, 0) is 4.79 Å². The number of allylic oxidation sites excluding steroid dienone is 4. The van der Waals surface area contributed by atoms with E-state index in [1.54, 1.807) is 0 Å². The largest absolute Gasteiger partial charge is 0.483 e. The number of nitrogens with one attached hydrogen (secondary N) is 2. The fourth-order valence-corrected chi connectivity index (χ4v) is 2.33. The summed E-state index contributed by atoms with van der Waals surface area (Å²) in [6.07, 6.45) is 5.20. The Bertz CT molecular complexity index is 659. The van der Waals surface area contributed by atoms with Gasteiger partial charge in [0.15, 0.2) is 6.61 Å². The van der Waals surface area contributed by atoms with E-state index in [0.717, 1.165) is 34.6 Å². The molecule has 4 nitrogen and oxygen atoms in total. The van der Waals surface area contributed by atoms with Crippen LogP contribution in [0.25, 0.3) is 0 Å². The second kappa shape index (κ2) is 7.68. The monoisotopic (exact) mass is 312 g/mol. The Morgan fingerprint density at radius 2 is 2.09 bits per heavy atom. The topological polar surface area (TPSA) is 50.4 Å². The van der Waals surface area contributed by atoms with Crippen molar-refractivity contribution in [2.24, 2.45) is 5.92 Å². The molecule has 0 saturated carbocycles.